The first kappa shape index (κ1) is 35.6. The highest BCUT2D eigenvalue weighted by molar-refractivity contribution is 6.76. The van der Waals surface area contributed by atoms with Crippen molar-refractivity contribution < 1.29 is 14.3 Å². The lowest BCUT2D eigenvalue weighted by molar-refractivity contribution is 0.0658. The number of fused-ring (bicyclic) bond motifs is 1. The van der Waals surface area contributed by atoms with E-state index in [0.29, 0.717) is 54.4 Å². The van der Waals surface area contributed by atoms with Crippen LogP contribution in [0.25, 0.3) is 22.0 Å². The van der Waals surface area contributed by atoms with E-state index in [2.05, 4.69) is 46.8 Å². The van der Waals surface area contributed by atoms with Gasteiger partial charge in [0.15, 0.2) is 0 Å². The molecule has 0 spiro atoms. The number of hydrogen-bond acceptors (Lipinski definition) is 7. The number of rotatable bonds is 9. The Morgan fingerprint density at radius 2 is 1.52 bits per heavy atom. The molecule has 2 saturated heterocycles. The molecule has 258 valence electrons. The van der Waals surface area contributed by atoms with Gasteiger partial charge in [-0.2, -0.15) is 0 Å². The number of likely N-dealkylation sites (N-methyl/N-ethyl adjacent to an activating group) is 2. The van der Waals surface area contributed by atoms with Crippen molar-refractivity contribution in [2.24, 2.45) is 0 Å². The van der Waals surface area contributed by atoms with Crippen LogP contribution in [0, 0.1) is 6.92 Å². The van der Waals surface area contributed by atoms with Gasteiger partial charge in [-0.25, -0.2) is 0 Å². The van der Waals surface area contributed by atoms with Crippen LogP contribution in [-0.4, -0.2) is 111 Å². The summed E-state index contributed by atoms with van der Waals surface area (Å²) in [7, 11) is 2.93. The van der Waals surface area contributed by atoms with Gasteiger partial charge >= 0.3 is 0 Å². The number of hydrogen-bond donors (Lipinski definition) is 2. The summed E-state index contributed by atoms with van der Waals surface area (Å²) in [6.07, 6.45) is 0. The smallest absolute Gasteiger partial charge is 0.270 e. The summed E-state index contributed by atoms with van der Waals surface area (Å²) in [6.45, 7) is 17.5. The summed E-state index contributed by atoms with van der Waals surface area (Å²) >= 11 is 0. The molecule has 0 saturated carbocycles. The molecule has 2 aliphatic heterocycles. The van der Waals surface area contributed by atoms with Crippen LogP contribution >= 0.6 is 0 Å². The first-order chi connectivity index (χ1) is 23.0. The predicted octanol–water partition coefficient (Wildman–Crippen LogP) is 5.32. The third kappa shape index (κ3) is 9.03. The van der Waals surface area contributed by atoms with Gasteiger partial charge in [0.1, 0.15) is 23.9 Å². The maximum atomic E-state index is 13.6. The van der Waals surface area contributed by atoms with E-state index in [4.69, 9.17) is 9.47 Å². The monoisotopic (exact) mass is 672 g/mol. The molecule has 2 fully saturated rings. The van der Waals surface area contributed by atoms with Gasteiger partial charge < -0.3 is 39.0 Å². The van der Waals surface area contributed by atoms with Crippen molar-refractivity contribution in [3.8, 4) is 22.8 Å². The van der Waals surface area contributed by atoms with Crippen molar-refractivity contribution in [3.63, 3.8) is 0 Å². The Morgan fingerprint density at radius 1 is 0.875 bits per heavy atom. The normalized spacial score (nSPS) is 16.1. The summed E-state index contributed by atoms with van der Waals surface area (Å²) in [5.41, 5.74) is 2.44. The molecule has 0 unspecified atom stereocenters. The molecule has 0 bridgehead atoms. The summed E-state index contributed by atoms with van der Waals surface area (Å²) < 4.78 is 14.6. The molecule has 10 nitrogen and oxygen atoms in total. The second kappa shape index (κ2) is 16.1. The van der Waals surface area contributed by atoms with Crippen LogP contribution in [0.15, 0.2) is 65.5 Å². The van der Waals surface area contributed by atoms with Crippen molar-refractivity contribution in [1.82, 2.24) is 29.6 Å². The van der Waals surface area contributed by atoms with Crippen LogP contribution in [0.3, 0.4) is 0 Å². The van der Waals surface area contributed by atoms with Crippen LogP contribution in [-0.2, 0) is 11.5 Å². The van der Waals surface area contributed by atoms with Crippen molar-refractivity contribution in [3.05, 3.63) is 82.4 Å². The molecule has 6 rings (SSSR count). The Balaban J connectivity index is 0.000000572. The fraction of sp³-hybridized carbons (Fsp3) is 0.459. The zero-order chi connectivity index (χ0) is 34.3. The maximum absolute atomic E-state index is 13.6. The SMILES string of the molecule is CN1CCNCC1.Cc1c2c(=O)[nH]c(C(=O)N3CCN(C)CC3)cc2c(-c2ccccc2Oc2ccccc2)n1COCC[Si](C)(C)C. The summed E-state index contributed by atoms with van der Waals surface area (Å²) in [6, 6.07) is 20.3. The van der Waals surface area contributed by atoms with Crippen molar-refractivity contribution in [2.45, 2.75) is 39.3 Å². The molecule has 4 aromatic rings. The Bertz CT molecular complexity index is 1720. The Morgan fingerprint density at radius 3 is 2.17 bits per heavy atom. The molecular weight excluding hydrogens is 621 g/mol. The zero-order valence-corrected chi connectivity index (χ0v) is 30.5. The first-order valence-corrected chi connectivity index (χ1v) is 20.8. The lowest BCUT2D eigenvalue weighted by atomic mass is 10.1. The van der Waals surface area contributed by atoms with E-state index in [-0.39, 0.29) is 11.5 Å². The van der Waals surface area contributed by atoms with Gasteiger partial charge in [-0.15, -0.1) is 0 Å². The Hall–Kier alpha value is -3.74. The highest BCUT2D eigenvalue weighted by atomic mass is 28.3. The van der Waals surface area contributed by atoms with Gasteiger partial charge in [0.2, 0.25) is 0 Å². The molecule has 11 heteroatoms. The summed E-state index contributed by atoms with van der Waals surface area (Å²) in [5, 5.41) is 4.54. The molecule has 4 heterocycles. The van der Waals surface area contributed by atoms with E-state index in [1.807, 2.05) is 84.1 Å². The molecule has 2 aromatic carbocycles. The van der Waals surface area contributed by atoms with E-state index in [1.165, 1.54) is 13.1 Å². The van der Waals surface area contributed by atoms with Gasteiger partial charge in [-0.05, 0) is 57.4 Å². The molecule has 0 atom stereocenters. The van der Waals surface area contributed by atoms with Gasteiger partial charge in [-0.1, -0.05) is 50.0 Å². The molecule has 2 aliphatic rings. The van der Waals surface area contributed by atoms with Crippen LogP contribution in [0.2, 0.25) is 25.7 Å². The highest BCUT2D eigenvalue weighted by Gasteiger charge is 2.26. The second-order valence-electron chi connectivity index (χ2n) is 14.1. The number of aromatic amines is 1. The Kier molecular flexibility index (Phi) is 11.9. The molecule has 0 radical (unpaired) electrons. The van der Waals surface area contributed by atoms with Crippen LogP contribution in [0.4, 0.5) is 0 Å². The van der Waals surface area contributed by atoms with Crippen molar-refractivity contribution >= 4 is 24.8 Å². The number of carbonyl (C=O) groups excluding carboxylic acids is 1. The molecule has 2 N–H and O–H groups in total. The summed E-state index contributed by atoms with van der Waals surface area (Å²) in [4.78, 5) is 36.4. The predicted molar refractivity (Wildman–Crippen MR) is 197 cm³/mol. The van der Waals surface area contributed by atoms with Gasteiger partial charge in [0.25, 0.3) is 11.5 Å². The lowest BCUT2D eigenvalue weighted by Crippen LogP contribution is -2.47. The van der Waals surface area contributed by atoms with Crippen LogP contribution in [0.1, 0.15) is 16.2 Å². The number of benzene rings is 2. The topological polar surface area (TPSA) is 95.1 Å². The van der Waals surface area contributed by atoms with E-state index in [9.17, 15) is 9.59 Å². The minimum Gasteiger partial charge on any atom is -0.457 e. The average Bonchev–Trinajstić information content (AvgIpc) is 3.35. The number of carbonyl (C=O) groups is 1. The number of aryl methyl sites for hydroxylation is 1. The minimum absolute atomic E-state index is 0.159. The number of H-pyrrole nitrogens is 1. The molecule has 2 aromatic heterocycles. The van der Waals surface area contributed by atoms with Crippen molar-refractivity contribution in [1.29, 1.82) is 0 Å². The number of amides is 1. The van der Waals surface area contributed by atoms with E-state index in [1.54, 1.807) is 0 Å². The van der Waals surface area contributed by atoms with E-state index in [0.717, 1.165) is 49.2 Å². The van der Waals surface area contributed by atoms with E-state index >= 15 is 0 Å². The molecule has 1 amide bonds. The fourth-order valence-electron chi connectivity index (χ4n) is 5.98. The number of piperazine rings is 2. The maximum Gasteiger partial charge on any atom is 0.270 e. The standard InChI is InChI=1S/C32H40N4O4Si.C5H12N2/c1-23-29-26(21-27(33-31(29)37)32(38)35-17-15-34(2)16-18-35)30(36(23)22-39-19-20-41(3,4)5)25-13-9-10-14-28(25)40-24-11-7-6-8-12-24;1-7-4-2-6-3-5-7/h6-14,21H,15-20,22H2,1-5H3,(H,33,37);6H,2-5H2,1H3. The number of nitrogens with one attached hydrogen (secondary N) is 2. The number of pyridine rings is 1. The fourth-order valence-corrected chi connectivity index (χ4v) is 6.74. The molecule has 48 heavy (non-hydrogen) atoms. The molecule has 0 aliphatic carbocycles. The lowest BCUT2D eigenvalue weighted by Gasteiger charge is -2.32. The number of aromatic nitrogens is 2. The average molecular weight is 673 g/mol. The van der Waals surface area contributed by atoms with Gasteiger partial charge in [-0.3, -0.25) is 9.59 Å². The largest absolute Gasteiger partial charge is 0.457 e. The van der Waals surface area contributed by atoms with Crippen LogP contribution < -0.4 is 15.6 Å². The minimum atomic E-state index is -1.27. The third-order valence-corrected chi connectivity index (χ3v) is 10.7. The Labute approximate surface area is 285 Å². The van der Waals surface area contributed by atoms with Crippen LogP contribution in [0.5, 0.6) is 11.5 Å². The first-order valence-electron chi connectivity index (χ1n) is 17.0. The second-order valence-corrected chi connectivity index (χ2v) is 19.7. The zero-order valence-electron chi connectivity index (χ0n) is 29.5. The number of para-hydroxylation sites is 2. The van der Waals surface area contributed by atoms with Gasteiger partial charge in [0.05, 0.1) is 11.1 Å². The van der Waals surface area contributed by atoms with E-state index < -0.39 is 8.07 Å². The third-order valence-electron chi connectivity index (χ3n) is 9.02. The quantitative estimate of drug-likeness (QED) is 0.184. The number of nitrogens with zero attached hydrogens (tertiary/aromatic N) is 4. The summed E-state index contributed by atoms with van der Waals surface area (Å²) in [5.74, 6) is 1.22. The highest BCUT2D eigenvalue weighted by Crippen LogP contribution is 2.39. The van der Waals surface area contributed by atoms with Crippen molar-refractivity contribution in [2.75, 3.05) is 73.1 Å². The number of ether oxygens (including phenoxy) is 2. The molecular formula is C37H52N6O4Si. The van der Waals surface area contributed by atoms with Gasteiger partial charge in [0, 0.05) is 83.7 Å².